The quantitative estimate of drug-likeness (QED) is 0.784. The van der Waals surface area contributed by atoms with E-state index in [-0.39, 0.29) is 5.78 Å². The highest BCUT2D eigenvalue weighted by atomic mass is 16.5. The lowest BCUT2D eigenvalue weighted by molar-refractivity contribution is 0.0990. The molecule has 0 unspecified atom stereocenters. The van der Waals surface area contributed by atoms with Crippen LogP contribution in [0.25, 0.3) is 0 Å². The van der Waals surface area contributed by atoms with E-state index in [0.717, 1.165) is 22.7 Å². The van der Waals surface area contributed by atoms with E-state index in [1.165, 1.54) is 0 Å². The number of benzene rings is 1. The number of hydrogen-bond donors (Lipinski definition) is 0. The van der Waals surface area contributed by atoms with E-state index in [9.17, 15) is 4.79 Å². The Morgan fingerprint density at radius 2 is 2.00 bits per heavy atom. The monoisotopic (exact) mass is 270 g/mol. The van der Waals surface area contributed by atoms with Crippen LogP contribution in [0.2, 0.25) is 0 Å². The summed E-state index contributed by atoms with van der Waals surface area (Å²) < 4.78 is 5.28. The van der Waals surface area contributed by atoms with Gasteiger partial charge in [0.1, 0.15) is 5.75 Å². The number of aromatic nitrogens is 2. The molecule has 4 heteroatoms. The van der Waals surface area contributed by atoms with Crippen molar-refractivity contribution in [2.75, 3.05) is 7.11 Å². The Balaban J connectivity index is 2.30. The van der Waals surface area contributed by atoms with Gasteiger partial charge in [-0.05, 0) is 25.5 Å². The Hall–Kier alpha value is -2.23. The molecule has 0 amide bonds. The van der Waals surface area contributed by atoms with Gasteiger partial charge in [-0.1, -0.05) is 25.1 Å². The Bertz CT molecular complexity index is 624. The van der Waals surface area contributed by atoms with E-state index in [4.69, 9.17) is 4.74 Å². The van der Waals surface area contributed by atoms with Crippen LogP contribution in [0.15, 0.2) is 30.3 Å². The molecule has 0 aliphatic carbocycles. The predicted octanol–water partition coefficient (Wildman–Crippen LogP) is 2.78. The summed E-state index contributed by atoms with van der Waals surface area (Å²) in [5.74, 6) is 0.780. The van der Waals surface area contributed by atoms with Gasteiger partial charge in [0, 0.05) is 17.5 Å². The fourth-order valence-corrected chi connectivity index (χ4v) is 2.13. The number of aryl methyl sites for hydroxylation is 2. The maximum absolute atomic E-state index is 12.5. The number of para-hydroxylation sites is 1. The smallest absolute Gasteiger partial charge is 0.169 e. The zero-order valence-corrected chi connectivity index (χ0v) is 12.0. The molecule has 2 aromatic rings. The second-order valence-corrected chi connectivity index (χ2v) is 4.61. The second-order valence-electron chi connectivity index (χ2n) is 4.61. The van der Waals surface area contributed by atoms with Gasteiger partial charge in [0.15, 0.2) is 5.78 Å². The van der Waals surface area contributed by atoms with E-state index >= 15 is 0 Å². The van der Waals surface area contributed by atoms with Crippen LogP contribution in [0.3, 0.4) is 0 Å². The van der Waals surface area contributed by atoms with E-state index in [1.807, 2.05) is 44.2 Å². The number of hydrogen-bond acceptors (Lipinski definition) is 4. The molecule has 1 aromatic carbocycles. The molecule has 0 fully saturated rings. The average Bonchev–Trinajstić information content (AvgIpc) is 2.47. The maximum atomic E-state index is 12.5. The van der Waals surface area contributed by atoms with Gasteiger partial charge in [-0.2, -0.15) is 10.2 Å². The summed E-state index contributed by atoms with van der Waals surface area (Å²) in [4.78, 5) is 12.5. The van der Waals surface area contributed by atoms with E-state index in [1.54, 1.807) is 7.11 Å². The van der Waals surface area contributed by atoms with Crippen LogP contribution in [-0.2, 0) is 12.8 Å². The van der Waals surface area contributed by atoms with Crippen molar-refractivity contribution in [1.29, 1.82) is 0 Å². The topological polar surface area (TPSA) is 52.1 Å². The van der Waals surface area contributed by atoms with Crippen molar-refractivity contribution < 1.29 is 9.53 Å². The molecule has 0 saturated carbocycles. The number of carbonyl (C=O) groups is 1. The zero-order chi connectivity index (χ0) is 14.5. The average molecular weight is 270 g/mol. The van der Waals surface area contributed by atoms with Crippen LogP contribution in [0, 0.1) is 6.92 Å². The normalized spacial score (nSPS) is 10.3. The van der Waals surface area contributed by atoms with Gasteiger partial charge in [-0.3, -0.25) is 4.79 Å². The molecule has 1 heterocycles. The summed E-state index contributed by atoms with van der Waals surface area (Å²) in [5.41, 5.74) is 3.04. The molecule has 1 aromatic heterocycles. The molecule has 0 aliphatic rings. The Labute approximate surface area is 118 Å². The van der Waals surface area contributed by atoms with Crippen molar-refractivity contribution in [2.45, 2.75) is 26.7 Å². The molecule has 0 radical (unpaired) electrons. The first-order chi connectivity index (χ1) is 9.65. The Morgan fingerprint density at radius 3 is 2.70 bits per heavy atom. The number of methoxy groups -OCH3 is 1. The molecule has 0 atom stereocenters. The van der Waals surface area contributed by atoms with Crippen molar-refractivity contribution in [1.82, 2.24) is 10.2 Å². The number of carbonyl (C=O) groups excluding carboxylic acids is 1. The molecular formula is C16H18N2O2. The van der Waals surface area contributed by atoms with Crippen LogP contribution in [0.5, 0.6) is 5.75 Å². The highest BCUT2D eigenvalue weighted by Crippen LogP contribution is 2.20. The van der Waals surface area contributed by atoms with E-state index in [0.29, 0.717) is 18.4 Å². The summed E-state index contributed by atoms with van der Waals surface area (Å²) in [5, 5.41) is 8.11. The van der Waals surface area contributed by atoms with Crippen LogP contribution >= 0.6 is 0 Å². The van der Waals surface area contributed by atoms with Gasteiger partial charge in [0.25, 0.3) is 0 Å². The maximum Gasteiger partial charge on any atom is 0.169 e. The number of ether oxygens (including phenoxy) is 1. The van der Waals surface area contributed by atoms with Gasteiger partial charge >= 0.3 is 0 Å². The van der Waals surface area contributed by atoms with Crippen LogP contribution in [0.1, 0.15) is 34.2 Å². The largest absolute Gasteiger partial charge is 0.496 e. The first-order valence-electron chi connectivity index (χ1n) is 6.64. The van der Waals surface area contributed by atoms with Crippen LogP contribution in [0.4, 0.5) is 0 Å². The SMILES string of the molecule is CCc1nnc(C)cc1C(=O)Cc1ccccc1OC. The Morgan fingerprint density at radius 1 is 1.25 bits per heavy atom. The Kier molecular flexibility index (Phi) is 4.45. The van der Waals surface area contributed by atoms with Gasteiger partial charge in [-0.15, -0.1) is 0 Å². The lowest BCUT2D eigenvalue weighted by atomic mass is 10.00. The molecule has 104 valence electrons. The van der Waals surface area contributed by atoms with Gasteiger partial charge in [-0.25, -0.2) is 0 Å². The molecule has 4 nitrogen and oxygen atoms in total. The summed E-state index contributed by atoms with van der Waals surface area (Å²) >= 11 is 0. The third kappa shape index (κ3) is 3.02. The summed E-state index contributed by atoms with van der Waals surface area (Å²) in [6.45, 7) is 3.81. The highest BCUT2D eigenvalue weighted by molar-refractivity contribution is 5.98. The first kappa shape index (κ1) is 14.2. The molecule has 0 bridgehead atoms. The molecular weight excluding hydrogens is 252 g/mol. The third-order valence-corrected chi connectivity index (χ3v) is 3.17. The number of nitrogens with zero attached hydrogens (tertiary/aromatic N) is 2. The van der Waals surface area contributed by atoms with Gasteiger partial charge in [0.2, 0.25) is 0 Å². The molecule has 20 heavy (non-hydrogen) atoms. The molecule has 2 rings (SSSR count). The fraction of sp³-hybridized carbons (Fsp3) is 0.312. The minimum absolute atomic E-state index is 0.0457. The summed E-state index contributed by atoms with van der Waals surface area (Å²) in [6.07, 6.45) is 1.00. The van der Waals surface area contributed by atoms with Crippen molar-refractivity contribution in [3.05, 3.63) is 52.8 Å². The van der Waals surface area contributed by atoms with Gasteiger partial charge in [0.05, 0.1) is 18.5 Å². The van der Waals surface area contributed by atoms with Crippen molar-refractivity contribution in [2.24, 2.45) is 0 Å². The minimum Gasteiger partial charge on any atom is -0.496 e. The number of ketones is 1. The highest BCUT2D eigenvalue weighted by Gasteiger charge is 2.15. The predicted molar refractivity (Wildman–Crippen MR) is 77.2 cm³/mol. The van der Waals surface area contributed by atoms with E-state index in [2.05, 4.69) is 10.2 Å². The minimum atomic E-state index is 0.0457. The van der Waals surface area contributed by atoms with Crippen molar-refractivity contribution >= 4 is 5.78 Å². The molecule has 0 aliphatic heterocycles. The molecule has 0 N–H and O–H groups in total. The second kappa shape index (κ2) is 6.28. The summed E-state index contributed by atoms with van der Waals surface area (Å²) in [7, 11) is 1.61. The molecule has 0 saturated heterocycles. The van der Waals surface area contributed by atoms with Crippen molar-refractivity contribution in [3.63, 3.8) is 0 Å². The first-order valence-corrected chi connectivity index (χ1v) is 6.64. The lowest BCUT2D eigenvalue weighted by Gasteiger charge is -2.09. The summed E-state index contributed by atoms with van der Waals surface area (Å²) in [6, 6.07) is 9.37. The van der Waals surface area contributed by atoms with Crippen LogP contribution < -0.4 is 4.74 Å². The lowest BCUT2D eigenvalue weighted by Crippen LogP contribution is -2.11. The molecule has 0 spiro atoms. The van der Waals surface area contributed by atoms with Crippen molar-refractivity contribution in [3.8, 4) is 5.75 Å². The third-order valence-electron chi connectivity index (χ3n) is 3.17. The van der Waals surface area contributed by atoms with Crippen LogP contribution in [-0.4, -0.2) is 23.1 Å². The number of rotatable bonds is 5. The fourth-order valence-electron chi connectivity index (χ4n) is 2.13. The standard InChI is InChI=1S/C16H18N2O2/c1-4-14-13(9-11(2)17-18-14)15(19)10-12-7-5-6-8-16(12)20-3/h5-9H,4,10H2,1-3H3. The van der Waals surface area contributed by atoms with E-state index < -0.39 is 0 Å². The number of Topliss-reactive ketones (excluding diaryl/α,β-unsaturated/α-hetero) is 1. The van der Waals surface area contributed by atoms with Gasteiger partial charge < -0.3 is 4.74 Å². The zero-order valence-electron chi connectivity index (χ0n) is 12.0.